The van der Waals surface area contributed by atoms with Gasteiger partial charge in [0.1, 0.15) is 0 Å². The lowest BCUT2D eigenvalue weighted by molar-refractivity contribution is 0.106. The highest BCUT2D eigenvalue weighted by Crippen LogP contribution is 2.25. The van der Waals surface area contributed by atoms with Crippen molar-refractivity contribution in [2.45, 2.75) is 32.5 Å². The van der Waals surface area contributed by atoms with Crippen LogP contribution >= 0.6 is 0 Å². The molecule has 0 aliphatic heterocycles. The summed E-state index contributed by atoms with van der Waals surface area (Å²) < 4.78 is 5.09. The predicted molar refractivity (Wildman–Crippen MR) is 69.6 cm³/mol. The molecule has 2 atom stereocenters. The van der Waals surface area contributed by atoms with Crippen LogP contribution in [0.25, 0.3) is 0 Å². The topological polar surface area (TPSA) is 55.5 Å². The molecule has 0 bridgehead atoms. The molecule has 96 valence electrons. The quantitative estimate of drug-likeness (QED) is 0.764. The van der Waals surface area contributed by atoms with Gasteiger partial charge in [-0.3, -0.25) is 0 Å². The van der Waals surface area contributed by atoms with E-state index < -0.39 is 6.10 Å². The highest BCUT2D eigenvalue weighted by molar-refractivity contribution is 5.25. The van der Waals surface area contributed by atoms with Crippen LogP contribution in [0, 0.1) is 5.92 Å². The molecule has 0 saturated heterocycles. The first-order valence-corrected chi connectivity index (χ1v) is 6.18. The summed E-state index contributed by atoms with van der Waals surface area (Å²) in [5.41, 5.74) is 7.72. The van der Waals surface area contributed by atoms with Crippen molar-refractivity contribution >= 4 is 0 Å². The molecule has 0 fully saturated rings. The number of nitrogens with two attached hydrogens (primary N) is 1. The van der Waals surface area contributed by atoms with Gasteiger partial charge in [0.2, 0.25) is 0 Å². The van der Waals surface area contributed by atoms with Crippen LogP contribution in [0.15, 0.2) is 24.3 Å². The van der Waals surface area contributed by atoms with Crippen LogP contribution in [0.5, 0.6) is 0 Å². The second-order valence-electron chi connectivity index (χ2n) is 4.41. The SMILES string of the molecule is CCCC(CN)C(O)c1cccc(COC)c1. The van der Waals surface area contributed by atoms with E-state index in [9.17, 15) is 5.11 Å². The number of hydrogen-bond donors (Lipinski definition) is 2. The average molecular weight is 237 g/mol. The van der Waals surface area contributed by atoms with Gasteiger partial charge in [-0.1, -0.05) is 37.6 Å². The Morgan fingerprint density at radius 2 is 2.18 bits per heavy atom. The molecule has 17 heavy (non-hydrogen) atoms. The van der Waals surface area contributed by atoms with Gasteiger partial charge in [-0.05, 0) is 24.1 Å². The van der Waals surface area contributed by atoms with E-state index in [4.69, 9.17) is 10.5 Å². The van der Waals surface area contributed by atoms with Gasteiger partial charge in [0.05, 0.1) is 12.7 Å². The highest BCUT2D eigenvalue weighted by atomic mass is 16.5. The fourth-order valence-electron chi connectivity index (χ4n) is 2.08. The van der Waals surface area contributed by atoms with E-state index >= 15 is 0 Å². The average Bonchev–Trinajstić information content (AvgIpc) is 2.36. The van der Waals surface area contributed by atoms with Crippen LogP contribution < -0.4 is 5.73 Å². The summed E-state index contributed by atoms with van der Waals surface area (Å²) >= 11 is 0. The van der Waals surface area contributed by atoms with E-state index in [-0.39, 0.29) is 5.92 Å². The maximum absolute atomic E-state index is 10.3. The third-order valence-corrected chi connectivity index (χ3v) is 3.01. The van der Waals surface area contributed by atoms with Gasteiger partial charge < -0.3 is 15.6 Å². The normalized spacial score (nSPS) is 14.6. The van der Waals surface area contributed by atoms with Crippen LogP contribution in [0.3, 0.4) is 0 Å². The minimum absolute atomic E-state index is 0.137. The van der Waals surface area contributed by atoms with Gasteiger partial charge in [0.25, 0.3) is 0 Å². The Kier molecular flexibility index (Phi) is 6.19. The molecule has 3 heteroatoms. The number of hydrogen-bond acceptors (Lipinski definition) is 3. The summed E-state index contributed by atoms with van der Waals surface area (Å²) in [6, 6.07) is 7.89. The third kappa shape index (κ3) is 4.11. The van der Waals surface area contributed by atoms with E-state index in [0.717, 1.165) is 24.0 Å². The first kappa shape index (κ1) is 14.2. The zero-order valence-electron chi connectivity index (χ0n) is 10.7. The maximum atomic E-state index is 10.3. The standard InChI is InChI=1S/C14H23NO2/c1-3-5-13(9-15)14(16)12-7-4-6-11(8-12)10-17-2/h4,6-8,13-14,16H,3,5,9-10,15H2,1-2H3. The number of rotatable bonds is 7. The second-order valence-corrected chi connectivity index (χ2v) is 4.41. The van der Waals surface area contributed by atoms with Gasteiger partial charge in [-0.2, -0.15) is 0 Å². The number of methoxy groups -OCH3 is 1. The molecule has 3 nitrogen and oxygen atoms in total. The first-order chi connectivity index (χ1) is 8.22. The molecule has 2 unspecified atom stereocenters. The van der Waals surface area contributed by atoms with Crippen LogP contribution in [-0.2, 0) is 11.3 Å². The molecule has 0 spiro atoms. The van der Waals surface area contributed by atoms with Gasteiger partial charge >= 0.3 is 0 Å². The van der Waals surface area contributed by atoms with Crippen LogP contribution in [0.4, 0.5) is 0 Å². The Hall–Kier alpha value is -0.900. The van der Waals surface area contributed by atoms with Crippen molar-refractivity contribution in [3.63, 3.8) is 0 Å². The van der Waals surface area contributed by atoms with E-state index in [1.807, 2.05) is 24.3 Å². The van der Waals surface area contributed by atoms with Crippen molar-refractivity contribution in [2.24, 2.45) is 11.7 Å². The van der Waals surface area contributed by atoms with Crippen LogP contribution in [0.2, 0.25) is 0 Å². The second kappa shape index (κ2) is 7.43. The molecule has 0 radical (unpaired) electrons. The summed E-state index contributed by atoms with van der Waals surface area (Å²) in [5.74, 6) is 0.137. The molecule has 0 aliphatic carbocycles. The monoisotopic (exact) mass is 237 g/mol. The van der Waals surface area contributed by atoms with Crippen molar-refractivity contribution < 1.29 is 9.84 Å². The first-order valence-electron chi connectivity index (χ1n) is 6.18. The Labute approximate surface area is 104 Å². The molecule has 0 aromatic heterocycles. The summed E-state index contributed by atoms with van der Waals surface area (Å²) in [6.45, 7) is 3.20. The minimum atomic E-state index is -0.475. The molecule has 1 aromatic rings. The smallest absolute Gasteiger partial charge is 0.0830 e. The summed E-state index contributed by atoms with van der Waals surface area (Å²) in [6.07, 6.45) is 1.51. The predicted octanol–water partition coefficient (Wildman–Crippen LogP) is 2.24. The summed E-state index contributed by atoms with van der Waals surface area (Å²) in [4.78, 5) is 0. The van der Waals surface area contributed by atoms with Gasteiger partial charge in [0, 0.05) is 13.0 Å². The molecule has 0 amide bonds. The van der Waals surface area contributed by atoms with E-state index in [2.05, 4.69) is 6.92 Å². The molecule has 0 heterocycles. The zero-order chi connectivity index (χ0) is 12.7. The largest absolute Gasteiger partial charge is 0.388 e. The van der Waals surface area contributed by atoms with E-state index in [0.29, 0.717) is 13.2 Å². The van der Waals surface area contributed by atoms with E-state index in [1.54, 1.807) is 7.11 Å². The summed E-state index contributed by atoms with van der Waals surface area (Å²) in [5, 5.41) is 10.3. The molecule has 3 N–H and O–H groups in total. The van der Waals surface area contributed by atoms with E-state index in [1.165, 1.54) is 0 Å². The Morgan fingerprint density at radius 3 is 2.76 bits per heavy atom. The lowest BCUT2D eigenvalue weighted by Crippen LogP contribution is -2.22. The Bertz CT molecular complexity index is 328. The van der Waals surface area contributed by atoms with Crippen LogP contribution in [-0.4, -0.2) is 18.8 Å². The van der Waals surface area contributed by atoms with Crippen molar-refractivity contribution in [3.8, 4) is 0 Å². The number of ether oxygens (including phenoxy) is 1. The number of benzene rings is 1. The maximum Gasteiger partial charge on any atom is 0.0830 e. The van der Waals surface area contributed by atoms with Crippen molar-refractivity contribution in [2.75, 3.05) is 13.7 Å². The molecule has 0 saturated carbocycles. The van der Waals surface area contributed by atoms with Crippen molar-refractivity contribution in [1.82, 2.24) is 0 Å². The van der Waals surface area contributed by atoms with Crippen molar-refractivity contribution in [1.29, 1.82) is 0 Å². The highest BCUT2D eigenvalue weighted by Gasteiger charge is 2.18. The molecule has 0 aliphatic rings. The summed E-state index contributed by atoms with van der Waals surface area (Å²) in [7, 11) is 1.67. The van der Waals surface area contributed by atoms with Crippen LogP contribution in [0.1, 0.15) is 37.0 Å². The van der Waals surface area contributed by atoms with Gasteiger partial charge in [0.15, 0.2) is 0 Å². The lowest BCUT2D eigenvalue weighted by Gasteiger charge is -2.21. The van der Waals surface area contributed by atoms with Crippen molar-refractivity contribution in [3.05, 3.63) is 35.4 Å². The fourth-order valence-corrected chi connectivity index (χ4v) is 2.08. The minimum Gasteiger partial charge on any atom is -0.388 e. The molecule has 1 aromatic carbocycles. The third-order valence-electron chi connectivity index (χ3n) is 3.01. The Balaban J connectivity index is 2.79. The molecular weight excluding hydrogens is 214 g/mol. The number of aliphatic hydroxyl groups is 1. The number of aliphatic hydroxyl groups excluding tert-OH is 1. The van der Waals surface area contributed by atoms with Gasteiger partial charge in [-0.15, -0.1) is 0 Å². The lowest BCUT2D eigenvalue weighted by atomic mass is 9.91. The zero-order valence-corrected chi connectivity index (χ0v) is 10.7. The fraction of sp³-hybridized carbons (Fsp3) is 0.571. The van der Waals surface area contributed by atoms with Gasteiger partial charge in [-0.25, -0.2) is 0 Å². The Morgan fingerprint density at radius 1 is 1.41 bits per heavy atom. The molecular formula is C14H23NO2. The molecule has 1 rings (SSSR count).